The molecule has 1 aliphatic rings. The van der Waals surface area contributed by atoms with Crippen LogP contribution >= 0.6 is 22.9 Å². The predicted molar refractivity (Wildman–Crippen MR) is 106 cm³/mol. The number of thiazole rings is 1. The molecule has 0 saturated heterocycles. The van der Waals surface area contributed by atoms with Gasteiger partial charge in [0.1, 0.15) is 0 Å². The zero-order valence-corrected chi connectivity index (χ0v) is 17.7. The second kappa shape index (κ2) is 7.14. The normalized spacial score (nSPS) is 18.2. The van der Waals surface area contributed by atoms with E-state index in [-0.39, 0.29) is 26.5 Å². The number of urea groups is 1. The molecular weight excluding hydrogens is 483 g/mol. The second-order valence-electron chi connectivity index (χ2n) is 6.41. The second-order valence-corrected chi connectivity index (χ2v) is 9.89. The lowest BCUT2D eigenvalue weighted by molar-refractivity contribution is -0.317. The topological polar surface area (TPSA) is 107 Å². The number of rotatable bonds is 3. The van der Waals surface area contributed by atoms with Gasteiger partial charge < -0.3 is 9.47 Å². The zero-order chi connectivity index (χ0) is 22.6. The van der Waals surface area contributed by atoms with E-state index in [1.165, 1.54) is 30.3 Å². The minimum absolute atomic E-state index is 0.0415. The largest absolute Gasteiger partial charge is 0.492 e. The van der Waals surface area contributed by atoms with Gasteiger partial charge in [-0.1, -0.05) is 22.9 Å². The third-order valence-corrected chi connectivity index (χ3v) is 6.35. The van der Waals surface area contributed by atoms with Gasteiger partial charge >= 0.3 is 18.1 Å². The molecular formula is C17H11ClF3N3O5S2. The van der Waals surface area contributed by atoms with Crippen molar-refractivity contribution in [3.8, 4) is 11.5 Å². The fraction of sp³-hybridized carbons (Fsp3) is 0.176. The van der Waals surface area contributed by atoms with Crippen molar-refractivity contribution in [2.75, 3.05) is 11.6 Å². The number of hydrogen-bond donors (Lipinski definition) is 2. The lowest BCUT2D eigenvalue weighted by Gasteiger charge is -2.29. The van der Waals surface area contributed by atoms with E-state index in [9.17, 15) is 26.4 Å². The third kappa shape index (κ3) is 4.07. The predicted octanol–water partition coefficient (Wildman–Crippen LogP) is 4.16. The average Bonchev–Trinajstić information content (AvgIpc) is 3.19. The van der Waals surface area contributed by atoms with Crippen LogP contribution in [0.1, 0.15) is 0 Å². The van der Waals surface area contributed by atoms with E-state index in [4.69, 9.17) is 21.1 Å². The number of carbonyl (C=O) groups is 1. The lowest BCUT2D eigenvalue weighted by Crippen LogP contribution is -2.65. The van der Waals surface area contributed by atoms with Crippen molar-refractivity contribution in [2.24, 2.45) is 0 Å². The number of sulfone groups is 1. The average molecular weight is 494 g/mol. The summed E-state index contributed by atoms with van der Waals surface area (Å²) in [5.41, 5.74) is 0.355. The molecule has 0 fully saturated rings. The van der Waals surface area contributed by atoms with Crippen molar-refractivity contribution in [3.05, 3.63) is 41.4 Å². The summed E-state index contributed by atoms with van der Waals surface area (Å²) >= 11 is 6.64. The maximum absolute atomic E-state index is 13.7. The van der Waals surface area contributed by atoms with Crippen LogP contribution in [-0.2, 0) is 9.84 Å². The molecule has 3 aromatic rings. The number of hydrogen-bond acceptors (Lipinski definition) is 7. The highest BCUT2D eigenvalue weighted by atomic mass is 35.5. The molecule has 8 nitrogen and oxygen atoms in total. The molecule has 0 unspecified atom stereocenters. The first kappa shape index (κ1) is 21.5. The molecule has 1 atom stereocenters. The molecule has 0 spiro atoms. The molecule has 1 aliphatic heterocycles. The highest BCUT2D eigenvalue weighted by molar-refractivity contribution is 7.90. The summed E-state index contributed by atoms with van der Waals surface area (Å²) in [6, 6.07) is 6.41. The highest BCUT2D eigenvalue weighted by Crippen LogP contribution is 2.46. The quantitative estimate of drug-likeness (QED) is 0.567. The molecule has 164 valence electrons. The van der Waals surface area contributed by atoms with E-state index in [1.807, 2.05) is 0 Å². The molecule has 0 saturated carbocycles. The van der Waals surface area contributed by atoms with Gasteiger partial charge in [-0.3, -0.25) is 10.6 Å². The number of halogens is 4. The molecule has 1 aromatic heterocycles. The van der Waals surface area contributed by atoms with Crippen LogP contribution < -0.4 is 20.1 Å². The van der Waals surface area contributed by atoms with Crippen molar-refractivity contribution in [1.82, 2.24) is 10.3 Å². The van der Waals surface area contributed by atoms with Crippen molar-refractivity contribution in [2.45, 2.75) is 17.0 Å². The summed E-state index contributed by atoms with van der Waals surface area (Å²) < 4.78 is 74.6. The molecule has 2 amide bonds. The van der Waals surface area contributed by atoms with Crippen molar-refractivity contribution in [3.63, 3.8) is 0 Å². The van der Waals surface area contributed by atoms with Crippen LogP contribution in [0.4, 0.5) is 23.1 Å². The fourth-order valence-electron chi connectivity index (χ4n) is 2.68. The van der Waals surface area contributed by atoms with E-state index < -0.39 is 28.0 Å². The van der Waals surface area contributed by atoms with Crippen LogP contribution in [0.15, 0.2) is 41.3 Å². The van der Waals surface area contributed by atoms with Crippen molar-refractivity contribution < 1.29 is 35.9 Å². The van der Waals surface area contributed by atoms with Crippen molar-refractivity contribution >= 4 is 54.2 Å². The van der Waals surface area contributed by atoms with Gasteiger partial charge in [0, 0.05) is 17.3 Å². The number of fused-ring (bicyclic) bond motifs is 2. The van der Waals surface area contributed by atoms with Crippen molar-refractivity contribution in [1.29, 1.82) is 0 Å². The molecule has 2 aromatic carbocycles. The minimum Gasteiger partial charge on any atom is -0.424 e. The van der Waals surface area contributed by atoms with Gasteiger partial charge in [0.05, 0.1) is 15.1 Å². The Morgan fingerprint density at radius 2 is 1.87 bits per heavy atom. The summed E-state index contributed by atoms with van der Waals surface area (Å²) in [5, 5.41) is 3.87. The van der Waals surface area contributed by atoms with Gasteiger partial charge in [0.25, 0.3) is 0 Å². The molecule has 14 heteroatoms. The van der Waals surface area contributed by atoms with Crippen LogP contribution in [0.5, 0.6) is 11.5 Å². The number of benzene rings is 2. The Labute approximate surface area is 181 Å². The van der Waals surface area contributed by atoms with Gasteiger partial charge in [0.2, 0.25) is 0 Å². The minimum atomic E-state index is -5.15. The van der Waals surface area contributed by atoms with E-state index in [1.54, 1.807) is 5.32 Å². The van der Waals surface area contributed by atoms with Crippen LogP contribution in [-0.4, -0.2) is 37.8 Å². The number of amides is 2. The van der Waals surface area contributed by atoms with Gasteiger partial charge in [0.15, 0.2) is 26.5 Å². The maximum Gasteiger partial charge on any atom is 0.492 e. The van der Waals surface area contributed by atoms with Gasteiger partial charge in [-0.2, -0.15) is 13.2 Å². The first-order valence-corrected chi connectivity index (χ1v) is 11.4. The van der Waals surface area contributed by atoms with Crippen LogP contribution in [0.25, 0.3) is 10.2 Å². The summed E-state index contributed by atoms with van der Waals surface area (Å²) in [6.45, 7) is 0. The number of carbonyl (C=O) groups excluding carboxylic acids is 1. The van der Waals surface area contributed by atoms with E-state index in [0.717, 1.165) is 23.7 Å². The molecule has 2 N–H and O–H groups in total. The Hall–Kier alpha value is -2.77. The van der Waals surface area contributed by atoms with Crippen LogP contribution in [0.3, 0.4) is 0 Å². The monoisotopic (exact) mass is 493 g/mol. The Morgan fingerprint density at radius 1 is 1.16 bits per heavy atom. The molecule has 4 rings (SSSR count). The number of anilines is 1. The number of aromatic nitrogens is 1. The first-order valence-electron chi connectivity index (χ1n) is 8.30. The van der Waals surface area contributed by atoms with Gasteiger partial charge in [-0.25, -0.2) is 18.2 Å². The molecule has 0 aliphatic carbocycles. The standard InChI is InChI=1S/C17H11ClF3N3O5S2/c1-31(26,27)9-3-4-10-13(7-9)30-15(22-10)23-14(25)24-17(16(19,20)21)28-11-5-2-8(18)6-12(11)29-17/h2-7H,1H3,(H2,22,23,24,25)/t17-/m0/s1. The smallest absolute Gasteiger partial charge is 0.424 e. The number of alkyl halides is 3. The van der Waals surface area contributed by atoms with Crippen LogP contribution in [0.2, 0.25) is 5.02 Å². The Kier molecular flexibility index (Phi) is 4.94. The Balaban J connectivity index is 1.57. The molecule has 31 heavy (non-hydrogen) atoms. The van der Waals surface area contributed by atoms with Crippen LogP contribution in [0, 0.1) is 0 Å². The highest BCUT2D eigenvalue weighted by Gasteiger charge is 2.65. The summed E-state index contributed by atoms with van der Waals surface area (Å²) in [7, 11) is -3.47. The summed E-state index contributed by atoms with van der Waals surface area (Å²) in [6.07, 6.45) is -4.11. The van der Waals surface area contributed by atoms with Gasteiger partial charge in [-0.05, 0) is 30.3 Å². The van der Waals surface area contributed by atoms with Gasteiger partial charge in [-0.15, -0.1) is 0 Å². The third-order valence-electron chi connectivity index (χ3n) is 4.07. The summed E-state index contributed by atoms with van der Waals surface area (Å²) in [4.78, 5) is 16.4. The Morgan fingerprint density at radius 3 is 2.55 bits per heavy atom. The Bertz CT molecular complexity index is 1310. The summed E-state index contributed by atoms with van der Waals surface area (Å²) in [5.74, 6) is -4.02. The molecule has 2 heterocycles. The molecule has 0 radical (unpaired) electrons. The number of ether oxygens (including phenoxy) is 2. The SMILES string of the molecule is CS(=O)(=O)c1ccc2nc(NC(=O)N[C@@]3(C(F)(F)F)Oc4ccc(Cl)cc4O3)sc2c1. The van der Waals surface area contributed by atoms with E-state index in [2.05, 4.69) is 10.3 Å². The fourth-order valence-corrected chi connectivity index (χ4v) is 4.47. The van der Waals surface area contributed by atoms with E-state index >= 15 is 0 Å². The first-order chi connectivity index (χ1) is 14.4. The van der Waals surface area contributed by atoms with E-state index in [0.29, 0.717) is 10.2 Å². The lowest BCUT2D eigenvalue weighted by atomic mass is 10.3. The maximum atomic E-state index is 13.7. The molecule has 0 bridgehead atoms. The number of nitrogens with one attached hydrogen (secondary N) is 2. The zero-order valence-electron chi connectivity index (χ0n) is 15.3. The number of nitrogens with zero attached hydrogens (tertiary/aromatic N) is 1.